The third kappa shape index (κ3) is 5.73. The SMILES string of the molecule is CCCCCCCCC(NC)c1ccc(Br)o1. The van der Waals surface area contributed by atoms with E-state index in [0.717, 1.165) is 16.9 Å². The summed E-state index contributed by atoms with van der Waals surface area (Å²) < 4.78 is 6.40. The van der Waals surface area contributed by atoms with Gasteiger partial charge in [-0.05, 0) is 41.5 Å². The molecule has 0 saturated carbocycles. The quantitative estimate of drug-likeness (QED) is 0.645. The lowest BCUT2D eigenvalue weighted by atomic mass is 10.0. The maximum Gasteiger partial charge on any atom is 0.169 e. The van der Waals surface area contributed by atoms with Crippen molar-refractivity contribution in [3.63, 3.8) is 0 Å². The van der Waals surface area contributed by atoms with Gasteiger partial charge in [0.05, 0.1) is 6.04 Å². The van der Waals surface area contributed by atoms with Crippen molar-refractivity contribution in [3.8, 4) is 0 Å². The highest BCUT2D eigenvalue weighted by molar-refractivity contribution is 9.10. The second-order valence-electron chi connectivity index (χ2n) is 4.54. The van der Waals surface area contributed by atoms with E-state index in [-0.39, 0.29) is 0 Å². The van der Waals surface area contributed by atoms with E-state index < -0.39 is 0 Å². The van der Waals surface area contributed by atoms with E-state index in [1.165, 1.54) is 38.5 Å². The summed E-state index contributed by atoms with van der Waals surface area (Å²) in [5, 5.41) is 3.32. The van der Waals surface area contributed by atoms with Gasteiger partial charge in [0.15, 0.2) is 4.67 Å². The van der Waals surface area contributed by atoms with Crippen LogP contribution in [0.5, 0.6) is 0 Å². The van der Waals surface area contributed by atoms with Crippen LogP contribution in [0.25, 0.3) is 0 Å². The summed E-state index contributed by atoms with van der Waals surface area (Å²) in [4.78, 5) is 0. The molecule has 1 unspecified atom stereocenters. The summed E-state index contributed by atoms with van der Waals surface area (Å²) >= 11 is 3.35. The first-order valence-corrected chi connectivity index (χ1v) is 7.49. The van der Waals surface area contributed by atoms with E-state index in [1.807, 2.05) is 19.2 Å². The number of furan rings is 1. The molecule has 0 spiro atoms. The van der Waals surface area contributed by atoms with Crippen LogP contribution in [-0.2, 0) is 0 Å². The lowest BCUT2D eigenvalue weighted by Crippen LogP contribution is -2.15. The minimum Gasteiger partial charge on any atom is -0.453 e. The number of hydrogen-bond donors (Lipinski definition) is 1. The van der Waals surface area contributed by atoms with Crippen LogP contribution >= 0.6 is 15.9 Å². The summed E-state index contributed by atoms with van der Waals surface area (Å²) in [6, 6.07) is 4.36. The Kier molecular flexibility index (Phi) is 7.62. The zero-order valence-corrected chi connectivity index (χ0v) is 12.6. The second-order valence-corrected chi connectivity index (χ2v) is 5.32. The Balaban J connectivity index is 2.19. The van der Waals surface area contributed by atoms with Crippen LogP contribution < -0.4 is 5.32 Å². The van der Waals surface area contributed by atoms with Gasteiger partial charge in [-0.1, -0.05) is 45.4 Å². The van der Waals surface area contributed by atoms with Crippen molar-refractivity contribution in [2.24, 2.45) is 0 Å². The van der Waals surface area contributed by atoms with Crippen LogP contribution in [0.2, 0.25) is 0 Å². The Morgan fingerprint density at radius 3 is 2.47 bits per heavy atom. The topological polar surface area (TPSA) is 25.2 Å². The Morgan fingerprint density at radius 1 is 1.18 bits per heavy atom. The van der Waals surface area contributed by atoms with E-state index in [2.05, 4.69) is 28.2 Å². The standard InChI is InChI=1S/C14H24BrNO/c1-3-4-5-6-7-8-9-12(16-2)13-10-11-14(15)17-13/h10-12,16H,3-9H2,1-2H3. The molecule has 0 saturated heterocycles. The average molecular weight is 302 g/mol. The van der Waals surface area contributed by atoms with E-state index in [4.69, 9.17) is 4.42 Å². The number of rotatable bonds is 9. The first-order valence-electron chi connectivity index (χ1n) is 6.70. The van der Waals surface area contributed by atoms with Gasteiger partial charge in [0.2, 0.25) is 0 Å². The molecule has 0 aliphatic carbocycles. The molecular weight excluding hydrogens is 278 g/mol. The lowest BCUT2D eigenvalue weighted by molar-refractivity contribution is 0.392. The molecule has 0 fully saturated rings. The summed E-state index contributed by atoms with van der Waals surface area (Å²) in [5.74, 6) is 1.04. The first-order chi connectivity index (χ1) is 8.27. The van der Waals surface area contributed by atoms with Crippen molar-refractivity contribution in [1.29, 1.82) is 0 Å². The van der Waals surface area contributed by atoms with Gasteiger partial charge in [0.25, 0.3) is 0 Å². The number of halogens is 1. The van der Waals surface area contributed by atoms with Crippen molar-refractivity contribution in [2.45, 2.75) is 57.9 Å². The average Bonchev–Trinajstić information content (AvgIpc) is 2.75. The maximum atomic E-state index is 5.59. The molecule has 1 atom stereocenters. The van der Waals surface area contributed by atoms with Gasteiger partial charge < -0.3 is 9.73 Å². The smallest absolute Gasteiger partial charge is 0.169 e. The molecule has 0 bridgehead atoms. The van der Waals surface area contributed by atoms with Crippen LogP contribution in [0.3, 0.4) is 0 Å². The summed E-state index contributed by atoms with van der Waals surface area (Å²) in [6.45, 7) is 2.26. The number of hydrogen-bond acceptors (Lipinski definition) is 2. The van der Waals surface area contributed by atoms with Crippen LogP contribution in [0.4, 0.5) is 0 Å². The number of nitrogens with one attached hydrogen (secondary N) is 1. The van der Waals surface area contributed by atoms with Gasteiger partial charge >= 0.3 is 0 Å². The van der Waals surface area contributed by atoms with Crippen molar-refractivity contribution in [2.75, 3.05) is 7.05 Å². The molecule has 1 aromatic rings. The molecule has 0 radical (unpaired) electrons. The minimum atomic E-state index is 0.354. The van der Waals surface area contributed by atoms with E-state index >= 15 is 0 Å². The highest BCUT2D eigenvalue weighted by Gasteiger charge is 2.12. The zero-order chi connectivity index (χ0) is 12.5. The molecule has 98 valence electrons. The summed E-state index contributed by atoms with van der Waals surface area (Å²) in [5.41, 5.74) is 0. The third-order valence-corrected chi connectivity index (χ3v) is 3.56. The summed E-state index contributed by atoms with van der Waals surface area (Å²) in [6.07, 6.45) is 9.20. The van der Waals surface area contributed by atoms with E-state index in [9.17, 15) is 0 Å². The van der Waals surface area contributed by atoms with Crippen molar-refractivity contribution in [1.82, 2.24) is 5.32 Å². The zero-order valence-electron chi connectivity index (χ0n) is 11.0. The van der Waals surface area contributed by atoms with Crippen LogP contribution in [-0.4, -0.2) is 7.05 Å². The maximum absolute atomic E-state index is 5.59. The fraction of sp³-hybridized carbons (Fsp3) is 0.714. The normalized spacial score (nSPS) is 12.9. The summed E-state index contributed by atoms with van der Waals surface area (Å²) in [7, 11) is 2.00. The molecule has 17 heavy (non-hydrogen) atoms. The Labute approximate surface area is 113 Å². The van der Waals surface area contributed by atoms with E-state index in [1.54, 1.807) is 0 Å². The molecule has 0 aromatic carbocycles. The van der Waals surface area contributed by atoms with Crippen LogP contribution in [0.15, 0.2) is 21.2 Å². The van der Waals surface area contributed by atoms with Gasteiger partial charge in [-0.3, -0.25) is 0 Å². The van der Waals surface area contributed by atoms with Gasteiger partial charge in [-0.2, -0.15) is 0 Å². The van der Waals surface area contributed by atoms with Gasteiger partial charge in [-0.15, -0.1) is 0 Å². The minimum absolute atomic E-state index is 0.354. The Morgan fingerprint density at radius 2 is 1.88 bits per heavy atom. The van der Waals surface area contributed by atoms with Crippen molar-refractivity contribution >= 4 is 15.9 Å². The fourth-order valence-electron chi connectivity index (χ4n) is 2.07. The van der Waals surface area contributed by atoms with Gasteiger partial charge in [0, 0.05) is 0 Å². The highest BCUT2D eigenvalue weighted by atomic mass is 79.9. The third-order valence-electron chi connectivity index (χ3n) is 3.13. The largest absolute Gasteiger partial charge is 0.453 e. The van der Waals surface area contributed by atoms with Crippen molar-refractivity contribution in [3.05, 3.63) is 22.6 Å². The molecule has 0 amide bonds. The molecule has 1 rings (SSSR count). The predicted octanol–water partition coefficient (Wildman–Crippen LogP) is 5.05. The predicted molar refractivity (Wildman–Crippen MR) is 76.2 cm³/mol. The highest BCUT2D eigenvalue weighted by Crippen LogP contribution is 2.24. The van der Waals surface area contributed by atoms with E-state index in [0.29, 0.717) is 6.04 Å². The second kappa shape index (κ2) is 8.76. The molecule has 2 nitrogen and oxygen atoms in total. The van der Waals surface area contributed by atoms with Gasteiger partial charge in [-0.25, -0.2) is 0 Å². The Hall–Kier alpha value is -0.280. The lowest BCUT2D eigenvalue weighted by Gasteiger charge is -2.13. The molecule has 1 aromatic heterocycles. The monoisotopic (exact) mass is 301 g/mol. The van der Waals surface area contributed by atoms with Crippen LogP contribution in [0.1, 0.15) is 63.7 Å². The van der Waals surface area contributed by atoms with Crippen molar-refractivity contribution < 1.29 is 4.42 Å². The van der Waals surface area contributed by atoms with Crippen LogP contribution in [0, 0.1) is 0 Å². The fourth-order valence-corrected chi connectivity index (χ4v) is 2.39. The molecule has 1 heterocycles. The molecule has 1 N–H and O–H groups in total. The number of unbranched alkanes of at least 4 members (excludes halogenated alkanes) is 5. The molecular formula is C14H24BrNO. The first kappa shape index (κ1) is 14.8. The molecule has 3 heteroatoms. The Bertz CT molecular complexity index is 298. The molecule has 0 aliphatic heterocycles. The molecule has 0 aliphatic rings. The van der Waals surface area contributed by atoms with Gasteiger partial charge in [0.1, 0.15) is 5.76 Å².